The summed E-state index contributed by atoms with van der Waals surface area (Å²) in [6.07, 6.45) is 1.43. The van der Waals surface area contributed by atoms with E-state index in [2.05, 4.69) is 0 Å². The predicted octanol–water partition coefficient (Wildman–Crippen LogP) is 3.86. The summed E-state index contributed by atoms with van der Waals surface area (Å²) in [5.41, 5.74) is 2.06. The number of halogens is 1. The molecule has 0 heterocycles. The van der Waals surface area contributed by atoms with Gasteiger partial charge in [0.1, 0.15) is 11.8 Å². The molecule has 0 aromatic heterocycles. The van der Waals surface area contributed by atoms with Gasteiger partial charge in [0.15, 0.2) is 0 Å². The molecule has 1 amide bonds. The first kappa shape index (κ1) is 23.0. The highest BCUT2D eigenvalue weighted by Gasteiger charge is 2.34. The van der Waals surface area contributed by atoms with Gasteiger partial charge >= 0.3 is 0 Å². The number of rotatable bonds is 8. The zero-order chi connectivity index (χ0) is 21.8. The zero-order valence-electron chi connectivity index (χ0n) is 17.3. The smallest absolute Gasteiger partial charge is 0.246 e. The van der Waals surface area contributed by atoms with Crippen molar-refractivity contribution in [1.29, 1.82) is 0 Å². The second-order valence-electron chi connectivity index (χ2n) is 6.96. The van der Waals surface area contributed by atoms with Crippen molar-refractivity contribution in [3.05, 3.63) is 58.6 Å². The average molecular weight is 439 g/mol. The number of aryl methyl sites for hydroxylation is 1. The molecule has 29 heavy (non-hydrogen) atoms. The van der Waals surface area contributed by atoms with E-state index in [1.807, 2.05) is 24.3 Å². The Labute approximate surface area is 178 Å². The van der Waals surface area contributed by atoms with Crippen molar-refractivity contribution in [1.82, 2.24) is 4.90 Å². The number of likely N-dealkylation sites (N-methyl/N-ethyl adjacent to an activating group) is 1. The van der Waals surface area contributed by atoms with Gasteiger partial charge in [0.2, 0.25) is 15.9 Å². The highest BCUT2D eigenvalue weighted by molar-refractivity contribution is 7.92. The summed E-state index contributed by atoms with van der Waals surface area (Å²) in [6, 6.07) is 11.5. The molecule has 0 radical (unpaired) electrons. The molecular formula is C21H27ClN2O4S. The molecular weight excluding hydrogens is 412 g/mol. The van der Waals surface area contributed by atoms with Gasteiger partial charge in [0.05, 0.1) is 19.1 Å². The molecule has 0 spiro atoms. The number of carbonyl (C=O) groups is 1. The highest BCUT2D eigenvalue weighted by atomic mass is 35.5. The highest BCUT2D eigenvalue weighted by Crippen LogP contribution is 2.30. The Morgan fingerprint density at radius 1 is 1.17 bits per heavy atom. The molecule has 0 aliphatic rings. The van der Waals surface area contributed by atoms with Gasteiger partial charge in [-0.05, 0) is 48.7 Å². The van der Waals surface area contributed by atoms with Gasteiger partial charge in [-0.2, -0.15) is 0 Å². The Kier molecular flexibility index (Phi) is 7.54. The third kappa shape index (κ3) is 5.64. The number of anilines is 1. The molecule has 0 saturated carbocycles. The molecule has 2 aromatic carbocycles. The summed E-state index contributed by atoms with van der Waals surface area (Å²) in [5, 5.41) is 0.410. The van der Waals surface area contributed by atoms with Gasteiger partial charge in [-0.1, -0.05) is 36.7 Å². The van der Waals surface area contributed by atoms with E-state index in [9.17, 15) is 13.2 Å². The number of methoxy groups -OCH3 is 1. The number of amides is 1. The minimum absolute atomic E-state index is 0.284. The number of benzene rings is 2. The first-order chi connectivity index (χ1) is 13.6. The van der Waals surface area contributed by atoms with E-state index in [4.69, 9.17) is 16.3 Å². The molecule has 6 nitrogen and oxygen atoms in total. The van der Waals surface area contributed by atoms with E-state index in [-0.39, 0.29) is 5.91 Å². The van der Waals surface area contributed by atoms with Gasteiger partial charge < -0.3 is 9.64 Å². The molecule has 0 aliphatic heterocycles. The van der Waals surface area contributed by atoms with E-state index in [1.165, 1.54) is 9.21 Å². The van der Waals surface area contributed by atoms with Gasteiger partial charge in [0, 0.05) is 18.6 Å². The topological polar surface area (TPSA) is 66.9 Å². The van der Waals surface area contributed by atoms with Gasteiger partial charge in [-0.15, -0.1) is 0 Å². The summed E-state index contributed by atoms with van der Waals surface area (Å²) >= 11 is 6.11. The Bertz CT molecular complexity index is 961. The van der Waals surface area contributed by atoms with Gasteiger partial charge in [-0.25, -0.2) is 8.42 Å². The SMILES string of the molecule is CCC(C(=O)N(C)Cc1ccc(OC)cc1)N(c1cc(Cl)ccc1C)S(C)(=O)=O. The molecule has 8 heteroatoms. The Morgan fingerprint density at radius 2 is 1.79 bits per heavy atom. The number of hydrogen-bond acceptors (Lipinski definition) is 4. The van der Waals surface area contributed by atoms with Crippen LogP contribution in [0.2, 0.25) is 5.02 Å². The van der Waals surface area contributed by atoms with Crippen LogP contribution in [-0.4, -0.2) is 45.7 Å². The molecule has 2 rings (SSSR count). The van der Waals surface area contributed by atoms with Crippen LogP contribution in [0.25, 0.3) is 0 Å². The first-order valence-corrected chi connectivity index (χ1v) is 11.4. The van der Waals surface area contributed by atoms with Crippen molar-refractivity contribution in [3.8, 4) is 5.75 Å². The van der Waals surface area contributed by atoms with Crippen LogP contribution in [0.4, 0.5) is 5.69 Å². The van der Waals surface area contributed by atoms with Crippen LogP contribution in [0.1, 0.15) is 24.5 Å². The molecule has 0 saturated heterocycles. The standard InChI is InChI=1S/C21H27ClN2O4S/c1-6-19(21(25)23(3)14-16-8-11-18(28-4)12-9-16)24(29(5,26)27)20-13-17(22)10-7-15(20)2/h7-13,19H,6,14H2,1-5H3. The van der Waals surface area contributed by atoms with E-state index in [0.717, 1.165) is 23.1 Å². The molecule has 158 valence electrons. The van der Waals surface area contributed by atoms with Crippen LogP contribution in [0.3, 0.4) is 0 Å². The fourth-order valence-electron chi connectivity index (χ4n) is 3.18. The maximum Gasteiger partial charge on any atom is 0.246 e. The maximum atomic E-state index is 13.2. The van der Waals surface area contributed by atoms with E-state index in [1.54, 1.807) is 46.2 Å². The summed E-state index contributed by atoms with van der Waals surface area (Å²) in [5.74, 6) is 0.446. The summed E-state index contributed by atoms with van der Waals surface area (Å²) < 4.78 is 31.6. The molecule has 1 unspecified atom stereocenters. The van der Waals surface area contributed by atoms with Crippen molar-refractivity contribution >= 4 is 33.2 Å². The third-order valence-corrected chi connectivity index (χ3v) is 6.08. The number of hydrogen-bond donors (Lipinski definition) is 0. The van der Waals surface area contributed by atoms with E-state index < -0.39 is 16.1 Å². The number of ether oxygens (including phenoxy) is 1. The lowest BCUT2D eigenvalue weighted by molar-refractivity contribution is -0.131. The lowest BCUT2D eigenvalue weighted by atomic mass is 10.1. The van der Waals surface area contributed by atoms with Crippen LogP contribution < -0.4 is 9.04 Å². The number of carbonyl (C=O) groups excluding carboxylic acids is 1. The monoisotopic (exact) mass is 438 g/mol. The van der Waals surface area contributed by atoms with Crippen LogP contribution in [0.15, 0.2) is 42.5 Å². The van der Waals surface area contributed by atoms with Crippen molar-refractivity contribution < 1.29 is 17.9 Å². The van der Waals surface area contributed by atoms with Crippen LogP contribution in [-0.2, 0) is 21.4 Å². The normalized spacial score (nSPS) is 12.3. The van der Waals surface area contributed by atoms with Crippen LogP contribution in [0, 0.1) is 6.92 Å². The lowest BCUT2D eigenvalue weighted by Crippen LogP contribution is -2.49. The molecule has 1 atom stereocenters. The third-order valence-electron chi connectivity index (χ3n) is 4.68. The van der Waals surface area contributed by atoms with Crippen LogP contribution >= 0.6 is 11.6 Å². The van der Waals surface area contributed by atoms with Crippen molar-refractivity contribution in [2.45, 2.75) is 32.9 Å². The summed E-state index contributed by atoms with van der Waals surface area (Å²) in [6.45, 7) is 3.94. The minimum atomic E-state index is -3.72. The Balaban J connectivity index is 2.35. The minimum Gasteiger partial charge on any atom is -0.497 e. The van der Waals surface area contributed by atoms with E-state index >= 15 is 0 Å². The zero-order valence-corrected chi connectivity index (χ0v) is 18.9. The molecule has 0 fully saturated rings. The first-order valence-electron chi connectivity index (χ1n) is 9.22. The number of nitrogens with zero attached hydrogens (tertiary/aromatic N) is 2. The largest absolute Gasteiger partial charge is 0.497 e. The second-order valence-corrected chi connectivity index (χ2v) is 9.25. The fourth-order valence-corrected chi connectivity index (χ4v) is 4.60. The predicted molar refractivity (Wildman–Crippen MR) is 117 cm³/mol. The Hall–Kier alpha value is -2.25. The van der Waals surface area contributed by atoms with Crippen molar-refractivity contribution in [2.24, 2.45) is 0 Å². The van der Waals surface area contributed by atoms with Gasteiger partial charge in [0.25, 0.3) is 0 Å². The van der Waals surface area contributed by atoms with Gasteiger partial charge in [-0.3, -0.25) is 9.10 Å². The molecule has 0 bridgehead atoms. The fraction of sp³-hybridized carbons (Fsp3) is 0.381. The van der Waals surface area contributed by atoms with Crippen LogP contribution in [0.5, 0.6) is 5.75 Å². The summed E-state index contributed by atoms with van der Waals surface area (Å²) in [7, 11) is -0.460. The lowest BCUT2D eigenvalue weighted by Gasteiger charge is -2.33. The average Bonchev–Trinajstić information content (AvgIpc) is 2.67. The van der Waals surface area contributed by atoms with E-state index in [0.29, 0.717) is 23.7 Å². The van der Waals surface area contributed by atoms with Crippen molar-refractivity contribution in [2.75, 3.05) is 24.7 Å². The maximum absolute atomic E-state index is 13.2. The quantitative estimate of drug-likeness (QED) is 0.627. The number of sulfonamides is 1. The molecule has 2 aromatic rings. The Morgan fingerprint density at radius 3 is 2.31 bits per heavy atom. The summed E-state index contributed by atoms with van der Waals surface area (Å²) in [4.78, 5) is 14.8. The molecule has 0 aliphatic carbocycles. The van der Waals surface area contributed by atoms with Crippen molar-refractivity contribution in [3.63, 3.8) is 0 Å². The molecule has 0 N–H and O–H groups in total. The second kappa shape index (κ2) is 9.50.